The molecule has 0 atom stereocenters. The van der Waals surface area contributed by atoms with Crippen molar-refractivity contribution in [2.45, 2.75) is 26.2 Å². The molecule has 5 heteroatoms. The Bertz CT molecular complexity index is 507. The second kappa shape index (κ2) is 8.19. The van der Waals surface area contributed by atoms with E-state index in [-0.39, 0.29) is 0 Å². The molecule has 0 radical (unpaired) electrons. The fourth-order valence-corrected chi connectivity index (χ4v) is 2.80. The highest BCUT2D eigenvalue weighted by atomic mass is 32.1. The van der Waals surface area contributed by atoms with Gasteiger partial charge in [0.15, 0.2) is 11.7 Å². The number of rotatable bonds is 9. The normalized spacial score (nSPS) is 11.1. The van der Waals surface area contributed by atoms with E-state index in [0.717, 1.165) is 50.6 Å². The summed E-state index contributed by atoms with van der Waals surface area (Å²) in [4.78, 5) is 6.89. The van der Waals surface area contributed by atoms with Gasteiger partial charge in [-0.3, -0.25) is 0 Å². The summed E-state index contributed by atoms with van der Waals surface area (Å²) in [5.41, 5.74) is 0. The third kappa shape index (κ3) is 4.44. The summed E-state index contributed by atoms with van der Waals surface area (Å²) in [7, 11) is 1.71. The molecule has 1 N–H and O–H groups in total. The standard InChI is InChI=1S/C15H22N2O2S/c1-3-12-6-7-14(20-12)13-11-17-15(19-13)5-4-8-16-9-10-18-2/h6-7,11,16H,3-5,8-10H2,1-2H3. The Balaban J connectivity index is 1.77. The van der Waals surface area contributed by atoms with Crippen LogP contribution in [0.4, 0.5) is 0 Å². The van der Waals surface area contributed by atoms with Gasteiger partial charge in [-0.25, -0.2) is 4.98 Å². The largest absolute Gasteiger partial charge is 0.440 e. The average molecular weight is 294 g/mol. The molecule has 0 bridgehead atoms. The van der Waals surface area contributed by atoms with Crippen molar-refractivity contribution in [1.29, 1.82) is 0 Å². The molecule has 110 valence electrons. The van der Waals surface area contributed by atoms with Crippen molar-refractivity contribution in [3.8, 4) is 10.6 Å². The molecule has 0 aromatic carbocycles. The van der Waals surface area contributed by atoms with Gasteiger partial charge in [0.1, 0.15) is 0 Å². The number of oxazole rings is 1. The minimum atomic E-state index is 0.751. The van der Waals surface area contributed by atoms with E-state index in [1.54, 1.807) is 18.4 Å². The number of nitrogens with one attached hydrogen (secondary N) is 1. The molecule has 4 nitrogen and oxygen atoms in total. The summed E-state index contributed by atoms with van der Waals surface area (Å²) in [6.45, 7) is 4.77. The lowest BCUT2D eigenvalue weighted by Crippen LogP contribution is -2.20. The monoisotopic (exact) mass is 294 g/mol. The van der Waals surface area contributed by atoms with Crippen LogP contribution in [0.15, 0.2) is 22.7 Å². The van der Waals surface area contributed by atoms with Crippen molar-refractivity contribution in [3.63, 3.8) is 0 Å². The smallest absolute Gasteiger partial charge is 0.194 e. The van der Waals surface area contributed by atoms with Crippen molar-refractivity contribution in [1.82, 2.24) is 10.3 Å². The van der Waals surface area contributed by atoms with Crippen LogP contribution in [-0.4, -0.2) is 31.8 Å². The molecule has 0 aliphatic carbocycles. The van der Waals surface area contributed by atoms with Gasteiger partial charge in [-0.1, -0.05) is 6.92 Å². The second-order valence-electron chi connectivity index (χ2n) is 4.58. The van der Waals surface area contributed by atoms with Crippen molar-refractivity contribution in [2.24, 2.45) is 0 Å². The third-order valence-electron chi connectivity index (χ3n) is 3.03. The first kappa shape index (κ1) is 15.2. The van der Waals surface area contributed by atoms with E-state index in [2.05, 4.69) is 29.4 Å². The van der Waals surface area contributed by atoms with Gasteiger partial charge in [0.2, 0.25) is 0 Å². The van der Waals surface area contributed by atoms with Crippen LogP contribution < -0.4 is 5.32 Å². The summed E-state index contributed by atoms with van der Waals surface area (Å²) >= 11 is 1.78. The summed E-state index contributed by atoms with van der Waals surface area (Å²) < 4.78 is 10.8. The molecule has 2 rings (SSSR count). The van der Waals surface area contributed by atoms with Crippen LogP contribution in [0.25, 0.3) is 10.6 Å². The van der Waals surface area contributed by atoms with Gasteiger partial charge < -0.3 is 14.5 Å². The van der Waals surface area contributed by atoms with Crippen molar-refractivity contribution < 1.29 is 9.15 Å². The lowest BCUT2D eigenvalue weighted by atomic mass is 10.3. The second-order valence-corrected chi connectivity index (χ2v) is 5.75. The number of aromatic nitrogens is 1. The van der Waals surface area contributed by atoms with Gasteiger partial charge in [0, 0.05) is 25.0 Å². The Labute approximate surface area is 124 Å². The van der Waals surface area contributed by atoms with Crippen LogP contribution in [0.3, 0.4) is 0 Å². The number of methoxy groups -OCH3 is 1. The predicted molar refractivity (Wildman–Crippen MR) is 82.3 cm³/mol. The molecule has 2 aromatic rings. The molecule has 0 saturated heterocycles. The molecule has 2 aromatic heterocycles. The Morgan fingerprint density at radius 1 is 1.35 bits per heavy atom. The van der Waals surface area contributed by atoms with E-state index in [0.29, 0.717) is 0 Å². The molecule has 0 aliphatic heterocycles. The zero-order valence-electron chi connectivity index (χ0n) is 12.1. The van der Waals surface area contributed by atoms with E-state index in [9.17, 15) is 0 Å². The molecule has 2 heterocycles. The Morgan fingerprint density at radius 3 is 3.00 bits per heavy atom. The summed E-state index contributed by atoms with van der Waals surface area (Å²) in [5, 5.41) is 3.31. The van der Waals surface area contributed by atoms with E-state index in [4.69, 9.17) is 9.15 Å². The molecule has 0 fully saturated rings. The topological polar surface area (TPSA) is 47.3 Å². The quantitative estimate of drug-likeness (QED) is 0.722. The molecule has 0 unspecified atom stereocenters. The lowest BCUT2D eigenvalue weighted by Gasteiger charge is -2.01. The molecule has 0 amide bonds. The number of hydrogen-bond acceptors (Lipinski definition) is 5. The Morgan fingerprint density at radius 2 is 2.25 bits per heavy atom. The Hall–Kier alpha value is -1.17. The van der Waals surface area contributed by atoms with Gasteiger partial charge in [0.25, 0.3) is 0 Å². The lowest BCUT2D eigenvalue weighted by molar-refractivity contribution is 0.199. The molecule has 0 spiro atoms. The van der Waals surface area contributed by atoms with Gasteiger partial charge >= 0.3 is 0 Å². The third-order valence-corrected chi connectivity index (χ3v) is 4.28. The molecule has 0 saturated carbocycles. The van der Waals surface area contributed by atoms with Crippen LogP contribution >= 0.6 is 11.3 Å². The first-order valence-corrected chi connectivity index (χ1v) is 7.88. The van der Waals surface area contributed by atoms with E-state index >= 15 is 0 Å². The SMILES string of the molecule is CCc1ccc(-c2cnc(CCCNCCOC)o2)s1. The summed E-state index contributed by atoms with van der Waals surface area (Å²) in [5.74, 6) is 1.71. The van der Waals surface area contributed by atoms with Crippen molar-refractivity contribution in [2.75, 3.05) is 26.8 Å². The van der Waals surface area contributed by atoms with Gasteiger partial charge in [-0.2, -0.15) is 0 Å². The maximum Gasteiger partial charge on any atom is 0.194 e. The van der Waals surface area contributed by atoms with Gasteiger partial charge in [0.05, 0.1) is 17.7 Å². The van der Waals surface area contributed by atoms with Crippen LogP contribution in [0, 0.1) is 0 Å². The van der Waals surface area contributed by atoms with Gasteiger partial charge in [-0.05, 0) is 31.5 Å². The van der Waals surface area contributed by atoms with Crippen LogP contribution in [0.2, 0.25) is 0 Å². The molecular formula is C15H22N2O2S. The number of nitrogens with zero attached hydrogens (tertiary/aromatic N) is 1. The number of ether oxygens (including phenoxy) is 1. The molecular weight excluding hydrogens is 272 g/mol. The van der Waals surface area contributed by atoms with E-state index in [1.165, 1.54) is 9.75 Å². The van der Waals surface area contributed by atoms with Crippen molar-refractivity contribution >= 4 is 11.3 Å². The average Bonchev–Trinajstić information content (AvgIpc) is 3.11. The number of hydrogen-bond donors (Lipinski definition) is 1. The fourth-order valence-electron chi connectivity index (χ4n) is 1.90. The fraction of sp³-hybridized carbons (Fsp3) is 0.533. The van der Waals surface area contributed by atoms with E-state index in [1.807, 2.05) is 6.20 Å². The Kier molecular flexibility index (Phi) is 6.24. The highest BCUT2D eigenvalue weighted by molar-refractivity contribution is 7.15. The highest BCUT2D eigenvalue weighted by Crippen LogP contribution is 2.29. The summed E-state index contributed by atoms with van der Waals surface area (Å²) in [6.07, 6.45) is 4.79. The van der Waals surface area contributed by atoms with Gasteiger partial charge in [-0.15, -0.1) is 11.3 Å². The minimum absolute atomic E-state index is 0.751. The maximum atomic E-state index is 5.80. The predicted octanol–water partition coefficient (Wildman–Crippen LogP) is 3.13. The zero-order valence-corrected chi connectivity index (χ0v) is 13.0. The first-order chi connectivity index (χ1) is 9.83. The number of thiophene rings is 1. The highest BCUT2D eigenvalue weighted by Gasteiger charge is 2.08. The van der Waals surface area contributed by atoms with Crippen LogP contribution in [-0.2, 0) is 17.6 Å². The van der Waals surface area contributed by atoms with Crippen molar-refractivity contribution in [3.05, 3.63) is 29.1 Å². The summed E-state index contributed by atoms with van der Waals surface area (Å²) in [6, 6.07) is 4.27. The molecule has 20 heavy (non-hydrogen) atoms. The number of aryl methyl sites for hydroxylation is 2. The van der Waals surface area contributed by atoms with E-state index < -0.39 is 0 Å². The minimum Gasteiger partial charge on any atom is -0.440 e. The van der Waals surface area contributed by atoms with Crippen LogP contribution in [0.5, 0.6) is 0 Å². The maximum absolute atomic E-state index is 5.80. The first-order valence-electron chi connectivity index (χ1n) is 7.07. The molecule has 0 aliphatic rings. The zero-order chi connectivity index (χ0) is 14.2. The van der Waals surface area contributed by atoms with Crippen LogP contribution in [0.1, 0.15) is 24.1 Å².